The molecule has 0 atom stereocenters. The maximum atomic E-state index is 7.90. The summed E-state index contributed by atoms with van der Waals surface area (Å²) < 4.78 is 2.39. The van der Waals surface area contributed by atoms with Crippen LogP contribution in [0.5, 0.6) is 0 Å². The number of hydrogen-bond donors (Lipinski definition) is 0. The molecule has 11 rings (SSSR count). The van der Waals surface area contributed by atoms with Crippen LogP contribution >= 0.6 is 0 Å². The first-order valence-corrected chi connectivity index (χ1v) is 21.6. The van der Waals surface area contributed by atoms with Crippen LogP contribution in [0, 0.1) is 6.57 Å². The number of allylic oxidation sites excluding steroid dienone is 8. The molecule has 0 saturated carbocycles. The van der Waals surface area contributed by atoms with Crippen molar-refractivity contribution in [3.05, 3.63) is 223 Å². The normalized spacial score (nSPS) is 13.5. The van der Waals surface area contributed by atoms with Crippen molar-refractivity contribution in [1.29, 1.82) is 0 Å². The van der Waals surface area contributed by atoms with E-state index in [4.69, 9.17) is 21.5 Å². The Morgan fingerprint density at radius 2 is 0.937 bits per heavy atom. The van der Waals surface area contributed by atoms with Crippen LogP contribution in [-0.4, -0.2) is 19.5 Å². The number of fused-ring (bicyclic) bond motifs is 3. The molecule has 0 bridgehead atoms. The lowest BCUT2D eigenvalue weighted by atomic mass is 9.90. The highest BCUT2D eigenvalue weighted by atomic mass is 15.0. The monoisotopic (exact) mass is 807 g/mol. The molecule has 298 valence electrons. The van der Waals surface area contributed by atoms with E-state index in [1.165, 1.54) is 11.1 Å². The van der Waals surface area contributed by atoms with Crippen LogP contribution in [-0.2, 0) is 0 Å². The van der Waals surface area contributed by atoms with Gasteiger partial charge in [-0.05, 0) is 94.8 Å². The van der Waals surface area contributed by atoms with Crippen LogP contribution in [0.3, 0.4) is 0 Å². The summed E-state index contributed by atoms with van der Waals surface area (Å²) in [4.78, 5) is 19.4. The highest BCUT2D eigenvalue weighted by molar-refractivity contribution is 6.12. The molecule has 0 fully saturated rings. The maximum Gasteiger partial charge on any atom is 0.188 e. The van der Waals surface area contributed by atoms with Gasteiger partial charge in [-0.25, -0.2) is 19.8 Å². The topological polar surface area (TPSA) is 48.0 Å². The summed E-state index contributed by atoms with van der Waals surface area (Å²) in [5, 5.41) is 2.13. The number of nitrogens with zero attached hydrogens (tertiary/aromatic N) is 5. The molecule has 0 aliphatic heterocycles. The minimum atomic E-state index is 0.603. The second-order valence-electron chi connectivity index (χ2n) is 16.1. The fourth-order valence-corrected chi connectivity index (χ4v) is 8.99. The van der Waals surface area contributed by atoms with Gasteiger partial charge in [-0.15, -0.1) is 0 Å². The minimum Gasteiger partial charge on any atom is -0.308 e. The molecule has 7 aromatic carbocycles. The van der Waals surface area contributed by atoms with Crippen LogP contribution in [0.15, 0.2) is 200 Å². The van der Waals surface area contributed by atoms with Crippen molar-refractivity contribution in [3.63, 3.8) is 0 Å². The standard InChI is InChI=1S/C58H41N5/c1-59-48-34-35-54-52(38-48)49-24-14-15-25-53(49)63(54)55-50(43-30-26-41(27-31-43)39-16-6-2-7-17-39)36-47(37-51(55)44-32-28-42(29-33-44)40-18-8-3-9-19-40)58-61-56(45-20-10-4-11-21-45)60-57(62-58)46-22-12-5-13-23-46/h2,4,6-8,10-12,14-38H,3,5,9,13H2. The molecule has 2 aromatic heterocycles. The van der Waals surface area contributed by atoms with Gasteiger partial charge in [0.1, 0.15) is 0 Å². The number of aromatic nitrogens is 4. The van der Waals surface area contributed by atoms with Gasteiger partial charge in [-0.2, -0.15) is 0 Å². The molecule has 0 spiro atoms. The third kappa shape index (κ3) is 7.18. The van der Waals surface area contributed by atoms with Crippen LogP contribution in [0.1, 0.15) is 37.1 Å². The Labute approximate surface area is 367 Å². The van der Waals surface area contributed by atoms with E-state index in [1.54, 1.807) is 0 Å². The molecule has 0 radical (unpaired) electrons. The molecule has 2 heterocycles. The summed E-state index contributed by atoms with van der Waals surface area (Å²) in [5.74, 6) is 1.89. The zero-order chi connectivity index (χ0) is 42.1. The zero-order valence-electron chi connectivity index (χ0n) is 34.6. The van der Waals surface area contributed by atoms with E-state index in [0.717, 1.165) is 103 Å². The minimum absolute atomic E-state index is 0.603. The second kappa shape index (κ2) is 16.3. The van der Waals surface area contributed by atoms with E-state index in [1.807, 2.05) is 30.3 Å². The van der Waals surface area contributed by atoms with E-state index in [9.17, 15) is 0 Å². The SMILES string of the molecule is [C-]#[N+]c1ccc2c(c1)c1ccccc1n2-c1c(-c2ccc(C3=CCCC=C3)cc2)cc(-c2nc(C3=CCCC=C3)nc(-c3ccccc3)n2)cc1-c1ccc(-c2ccccc2)cc1. The Morgan fingerprint density at radius 3 is 1.57 bits per heavy atom. The molecule has 9 aromatic rings. The summed E-state index contributed by atoms with van der Waals surface area (Å²) >= 11 is 0. The van der Waals surface area contributed by atoms with Crippen molar-refractivity contribution in [3.8, 4) is 61.8 Å². The quantitative estimate of drug-likeness (QED) is 0.144. The molecule has 0 N–H and O–H groups in total. The molecule has 5 heteroatoms. The van der Waals surface area contributed by atoms with Gasteiger partial charge in [0.15, 0.2) is 23.2 Å². The predicted octanol–water partition coefficient (Wildman–Crippen LogP) is 15.3. The van der Waals surface area contributed by atoms with Gasteiger partial charge in [-0.1, -0.05) is 170 Å². The van der Waals surface area contributed by atoms with Gasteiger partial charge >= 0.3 is 0 Å². The third-order valence-corrected chi connectivity index (χ3v) is 12.1. The van der Waals surface area contributed by atoms with Gasteiger partial charge in [0.2, 0.25) is 0 Å². The molecule has 2 aliphatic rings. The molecule has 2 aliphatic carbocycles. The summed E-state index contributed by atoms with van der Waals surface area (Å²) in [6.07, 6.45) is 17.4. The van der Waals surface area contributed by atoms with Gasteiger partial charge in [-0.3, -0.25) is 0 Å². The Hall–Kier alpha value is -8.20. The van der Waals surface area contributed by atoms with Crippen LogP contribution < -0.4 is 0 Å². The van der Waals surface area contributed by atoms with Gasteiger partial charge < -0.3 is 4.57 Å². The van der Waals surface area contributed by atoms with E-state index < -0.39 is 0 Å². The molecule has 0 amide bonds. The highest BCUT2D eigenvalue weighted by Gasteiger charge is 2.24. The summed E-state index contributed by atoms with van der Waals surface area (Å²) in [6.45, 7) is 7.90. The van der Waals surface area contributed by atoms with Crippen molar-refractivity contribution in [2.45, 2.75) is 25.7 Å². The summed E-state index contributed by atoms with van der Waals surface area (Å²) in [7, 11) is 0. The molecular weight excluding hydrogens is 767 g/mol. The molecular formula is C58H41N5. The molecule has 63 heavy (non-hydrogen) atoms. The number of benzene rings is 7. The average molecular weight is 808 g/mol. The van der Waals surface area contributed by atoms with Gasteiger partial charge in [0.05, 0.1) is 23.3 Å². The first-order chi connectivity index (χ1) is 31.2. The lowest BCUT2D eigenvalue weighted by molar-refractivity contribution is 1.01. The van der Waals surface area contributed by atoms with Gasteiger partial charge in [0, 0.05) is 33.2 Å². The summed E-state index contributed by atoms with van der Waals surface area (Å²) in [6, 6.07) is 57.7. The number of para-hydroxylation sites is 1. The Morgan fingerprint density at radius 1 is 0.413 bits per heavy atom. The smallest absolute Gasteiger partial charge is 0.188 e. The number of rotatable bonds is 8. The molecule has 0 saturated heterocycles. The van der Waals surface area contributed by atoms with Crippen molar-refractivity contribution < 1.29 is 0 Å². The lowest BCUT2D eigenvalue weighted by Crippen LogP contribution is -2.05. The fraction of sp³-hybridized carbons (Fsp3) is 0.0690. The Balaban J connectivity index is 1.23. The predicted molar refractivity (Wildman–Crippen MR) is 260 cm³/mol. The first-order valence-electron chi connectivity index (χ1n) is 21.6. The molecule has 5 nitrogen and oxygen atoms in total. The second-order valence-corrected chi connectivity index (χ2v) is 16.1. The number of hydrogen-bond acceptors (Lipinski definition) is 3. The van der Waals surface area contributed by atoms with Crippen molar-refractivity contribution in [2.75, 3.05) is 0 Å². The van der Waals surface area contributed by atoms with Crippen LogP contribution in [0.4, 0.5) is 5.69 Å². The zero-order valence-corrected chi connectivity index (χ0v) is 34.6. The largest absolute Gasteiger partial charge is 0.308 e. The van der Waals surface area contributed by atoms with Gasteiger partial charge in [0.25, 0.3) is 0 Å². The first kappa shape index (κ1) is 37.8. The third-order valence-electron chi connectivity index (χ3n) is 12.1. The van der Waals surface area contributed by atoms with Crippen LogP contribution in [0.25, 0.3) is 99.6 Å². The van der Waals surface area contributed by atoms with Crippen LogP contribution in [0.2, 0.25) is 0 Å². The van der Waals surface area contributed by atoms with E-state index in [0.29, 0.717) is 23.2 Å². The maximum absolute atomic E-state index is 7.90. The summed E-state index contributed by atoms with van der Waals surface area (Å²) in [5.41, 5.74) is 15.5. The van der Waals surface area contributed by atoms with Crippen molar-refractivity contribution >= 4 is 38.6 Å². The lowest BCUT2D eigenvalue weighted by Gasteiger charge is -2.21. The van der Waals surface area contributed by atoms with E-state index in [-0.39, 0.29) is 0 Å². The highest BCUT2D eigenvalue weighted by Crippen LogP contribution is 2.45. The van der Waals surface area contributed by atoms with Crippen molar-refractivity contribution in [2.24, 2.45) is 0 Å². The molecule has 0 unspecified atom stereocenters. The Kier molecular flexibility index (Phi) is 9.80. The average Bonchev–Trinajstić information content (AvgIpc) is 3.70. The Bertz CT molecular complexity index is 3360. The van der Waals surface area contributed by atoms with Crippen molar-refractivity contribution in [1.82, 2.24) is 19.5 Å². The van der Waals surface area contributed by atoms with E-state index >= 15 is 0 Å². The van der Waals surface area contributed by atoms with E-state index in [2.05, 4.69) is 179 Å². The fourth-order valence-electron chi connectivity index (χ4n) is 8.99.